The number of nitrogens with one attached hydrogen (secondary N) is 1. The topological polar surface area (TPSA) is 54.4 Å². The Morgan fingerprint density at radius 2 is 2.04 bits per heavy atom. The van der Waals surface area contributed by atoms with Crippen LogP contribution in [-0.2, 0) is 10.5 Å². The molecule has 0 bridgehead atoms. The van der Waals surface area contributed by atoms with Crippen molar-refractivity contribution in [2.24, 2.45) is 4.99 Å². The SMILES string of the molecule is CC(SC1=Nc2ccccc2CS1)C(=O)Nc1cccc2ncccc12. The smallest absolute Gasteiger partial charge is 0.237 e. The van der Waals surface area contributed by atoms with Gasteiger partial charge in [-0.05, 0) is 42.8 Å². The number of nitrogens with zero attached hydrogens (tertiary/aromatic N) is 2. The normalized spacial score (nSPS) is 14.4. The molecule has 0 fully saturated rings. The first-order chi connectivity index (χ1) is 12.7. The maximum Gasteiger partial charge on any atom is 0.237 e. The molecule has 1 aliphatic rings. The number of anilines is 1. The number of para-hydroxylation sites is 1. The summed E-state index contributed by atoms with van der Waals surface area (Å²) in [5.41, 5.74) is 3.90. The molecule has 2 aromatic carbocycles. The third-order valence-corrected chi connectivity index (χ3v) is 6.40. The van der Waals surface area contributed by atoms with Crippen LogP contribution in [0, 0.1) is 0 Å². The number of aliphatic imine (C=N–C) groups is 1. The van der Waals surface area contributed by atoms with Crippen LogP contribution in [0.1, 0.15) is 12.5 Å². The molecule has 1 N–H and O–H groups in total. The van der Waals surface area contributed by atoms with Crippen LogP contribution in [0.3, 0.4) is 0 Å². The molecule has 1 aromatic heterocycles. The molecule has 3 aromatic rings. The van der Waals surface area contributed by atoms with Crippen molar-refractivity contribution in [2.75, 3.05) is 5.32 Å². The molecule has 1 unspecified atom stereocenters. The molecule has 4 rings (SSSR count). The number of pyridine rings is 1. The van der Waals surface area contributed by atoms with Gasteiger partial charge in [0.05, 0.1) is 22.1 Å². The van der Waals surface area contributed by atoms with Gasteiger partial charge in [-0.15, -0.1) is 0 Å². The molecular weight excluding hydrogens is 362 g/mol. The van der Waals surface area contributed by atoms with E-state index in [1.807, 2.05) is 55.5 Å². The molecule has 4 nitrogen and oxygen atoms in total. The minimum atomic E-state index is -0.238. The van der Waals surface area contributed by atoms with Crippen molar-refractivity contribution in [1.29, 1.82) is 0 Å². The quantitative estimate of drug-likeness (QED) is 0.677. The van der Waals surface area contributed by atoms with Gasteiger partial charge in [0.2, 0.25) is 5.91 Å². The van der Waals surface area contributed by atoms with E-state index in [4.69, 9.17) is 0 Å². The van der Waals surface area contributed by atoms with Crippen molar-refractivity contribution < 1.29 is 4.79 Å². The van der Waals surface area contributed by atoms with E-state index < -0.39 is 0 Å². The van der Waals surface area contributed by atoms with E-state index in [0.29, 0.717) is 0 Å². The van der Waals surface area contributed by atoms with Gasteiger partial charge in [0.15, 0.2) is 0 Å². The monoisotopic (exact) mass is 379 g/mol. The second-order valence-corrected chi connectivity index (χ2v) is 8.47. The molecule has 1 atom stereocenters. The number of amides is 1. The van der Waals surface area contributed by atoms with E-state index in [0.717, 1.165) is 32.4 Å². The highest BCUT2D eigenvalue weighted by Gasteiger charge is 2.20. The highest BCUT2D eigenvalue weighted by Crippen LogP contribution is 2.36. The Kier molecular flexibility index (Phi) is 4.95. The van der Waals surface area contributed by atoms with Crippen LogP contribution in [0.5, 0.6) is 0 Å². The predicted molar refractivity (Wildman–Crippen MR) is 112 cm³/mol. The maximum atomic E-state index is 12.7. The van der Waals surface area contributed by atoms with Gasteiger partial charge in [0.1, 0.15) is 4.38 Å². The standard InChI is InChI=1S/C20H17N3OS2/c1-13(26-20-23-16-8-3-2-6-14(16)12-25-20)19(24)22-18-10-4-9-17-15(18)7-5-11-21-17/h2-11,13H,12H2,1H3,(H,22,24). The summed E-state index contributed by atoms with van der Waals surface area (Å²) in [5.74, 6) is 0.860. The number of hydrogen-bond acceptors (Lipinski definition) is 5. The Balaban J connectivity index is 1.48. The van der Waals surface area contributed by atoms with E-state index in [1.54, 1.807) is 18.0 Å². The van der Waals surface area contributed by atoms with E-state index in [1.165, 1.54) is 17.3 Å². The summed E-state index contributed by atoms with van der Waals surface area (Å²) in [6.45, 7) is 1.91. The van der Waals surface area contributed by atoms with Gasteiger partial charge in [0.25, 0.3) is 0 Å². The van der Waals surface area contributed by atoms with Crippen LogP contribution in [0.2, 0.25) is 0 Å². The lowest BCUT2D eigenvalue weighted by atomic mass is 10.2. The van der Waals surface area contributed by atoms with Crippen LogP contribution in [-0.4, -0.2) is 20.5 Å². The van der Waals surface area contributed by atoms with Crippen molar-refractivity contribution in [3.63, 3.8) is 0 Å². The maximum absolute atomic E-state index is 12.7. The molecule has 0 radical (unpaired) electrons. The number of aromatic nitrogens is 1. The third-order valence-electron chi connectivity index (χ3n) is 4.10. The molecule has 6 heteroatoms. The van der Waals surface area contributed by atoms with Gasteiger partial charge < -0.3 is 5.32 Å². The Morgan fingerprint density at radius 1 is 1.15 bits per heavy atom. The number of rotatable bonds is 3. The summed E-state index contributed by atoms with van der Waals surface area (Å²) in [6, 6.07) is 17.7. The fraction of sp³-hybridized carbons (Fsp3) is 0.150. The lowest BCUT2D eigenvalue weighted by molar-refractivity contribution is -0.115. The highest BCUT2D eigenvalue weighted by atomic mass is 32.2. The lowest BCUT2D eigenvalue weighted by Crippen LogP contribution is -2.23. The fourth-order valence-electron chi connectivity index (χ4n) is 2.72. The van der Waals surface area contributed by atoms with Gasteiger partial charge in [-0.1, -0.05) is 47.8 Å². The second kappa shape index (κ2) is 7.51. The molecule has 1 aliphatic heterocycles. The highest BCUT2D eigenvalue weighted by molar-refractivity contribution is 8.39. The third kappa shape index (κ3) is 3.61. The molecule has 26 heavy (non-hydrogen) atoms. The molecule has 130 valence electrons. The van der Waals surface area contributed by atoms with Gasteiger partial charge in [-0.3, -0.25) is 9.78 Å². The zero-order valence-corrected chi connectivity index (χ0v) is 15.8. The van der Waals surface area contributed by atoms with Crippen LogP contribution < -0.4 is 5.32 Å². The minimum absolute atomic E-state index is 0.0338. The van der Waals surface area contributed by atoms with E-state index in [2.05, 4.69) is 21.4 Å². The molecule has 0 spiro atoms. The Bertz CT molecular complexity index is 998. The predicted octanol–water partition coefficient (Wildman–Crippen LogP) is 5.23. The summed E-state index contributed by atoms with van der Waals surface area (Å²) in [5, 5.41) is 3.74. The van der Waals surface area contributed by atoms with Gasteiger partial charge in [0, 0.05) is 17.3 Å². The zero-order chi connectivity index (χ0) is 17.9. The van der Waals surface area contributed by atoms with Crippen molar-refractivity contribution in [3.8, 4) is 0 Å². The minimum Gasteiger partial charge on any atom is -0.324 e. The van der Waals surface area contributed by atoms with Crippen LogP contribution >= 0.6 is 23.5 Å². The lowest BCUT2D eigenvalue weighted by Gasteiger charge is -2.17. The van der Waals surface area contributed by atoms with E-state index >= 15 is 0 Å². The number of benzene rings is 2. The van der Waals surface area contributed by atoms with Gasteiger partial charge in [-0.2, -0.15) is 0 Å². The van der Waals surface area contributed by atoms with Gasteiger partial charge >= 0.3 is 0 Å². The summed E-state index contributed by atoms with van der Waals surface area (Å²) < 4.78 is 0.936. The number of thioether (sulfide) groups is 2. The van der Waals surface area contributed by atoms with E-state index in [-0.39, 0.29) is 11.2 Å². The summed E-state index contributed by atoms with van der Waals surface area (Å²) in [6.07, 6.45) is 1.75. The first-order valence-electron chi connectivity index (χ1n) is 8.31. The molecule has 0 aliphatic carbocycles. The molecular formula is C20H17N3OS2. The van der Waals surface area contributed by atoms with Crippen LogP contribution in [0.15, 0.2) is 65.8 Å². The second-order valence-electron chi connectivity index (χ2n) is 5.92. The fourth-order valence-corrected chi connectivity index (χ4v) is 4.91. The van der Waals surface area contributed by atoms with Crippen LogP contribution in [0.25, 0.3) is 10.9 Å². The zero-order valence-electron chi connectivity index (χ0n) is 14.2. The van der Waals surface area contributed by atoms with Crippen molar-refractivity contribution in [1.82, 2.24) is 4.98 Å². The van der Waals surface area contributed by atoms with Gasteiger partial charge in [-0.25, -0.2) is 4.99 Å². The van der Waals surface area contributed by atoms with Crippen molar-refractivity contribution in [3.05, 3.63) is 66.4 Å². The number of hydrogen-bond donors (Lipinski definition) is 1. The summed E-state index contributed by atoms with van der Waals surface area (Å²) in [4.78, 5) is 21.7. The van der Waals surface area contributed by atoms with E-state index in [9.17, 15) is 4.79 Å². The van der Waals surface area contributed by atoms with Crippen LogP contribution in [0.4, 0.5) is 11.4 Å². The summed E-state index contributed by atoms with van der Waals surface area (Å²) >= 11 is 3.19. The average molecular weight is 380 g/mol. The molecule has 2 heterocycles. The molecule has 0 saturated carbocycles. The first kappa shape index (κ1) is 17.1. The van der Waals surface area contributed by atoms with Crippen molar-refractivity contribution in [2.45, 2.75) is 17.9 Å². The first-order valence-corrected chi connectivity index (χ1v) is 10.2. The molecule has 0 saturated heterocycles. The number of carbonyl (C=O) groups is 1. The van der Waals surface area contributed by atoms with Crippen molar-refractivity contribution >= 4 is 56.1 Å². The number of fused-ring (bicyclic) bond motifs is 2. The Labute approximate surface area is 160 Å². The molecule has 1 amide bonds. The largest absolute Gasteiger partial charge is 0.324 e. The Hall–Kier alpha value is -2.31. The summed E-state index contributed by atoms with van der Waals surface area (Å²) in [7, 11) is 0. The Morgan fingerprint density at radius 3 is 2.96 bits per heavy atom. The number of carbonyl (C=O) groups excluding carboxylic acids is 1. The average Bonchev–Trinajstić information content (AvgIpc) is 2.68.